The Morgan fingerprint density at radius 3 is 2.65 bits per heavy atom. The second kappa shape index (κ2) is 9.82. The molecule has 0 bridgehead atoms. The van der Waals surface area contributed by atoms with Gasteiger partial charge in [-0.2, -0.15) is 5.26 Å². The molecule has 2 aliphatic heterocycles. The number of benzene rings is 3. The van der Waals surface area contributed by atoms with Crippen LogP contribution in [-0.2, 0) is 19.4 Å². The van der Waals surface area contributed by atoms with E-state index in [2.05, 4.69) is 52.4 Å². The zero-order valence-corrected chi connectivity index (χ0v) is 22.4. The lowest BCUT2D eigenvalue weighted by Gasteiger charge is -2.45. The van der Waals surface area contributed by atoms with Crippen molar-refractivity contribution < 1.29 is 18.6 Å². The highest BCUT2D eigenvalue weighted by molar-refractivity contribution is 5.87. The van der Waals surface area contributed by atoms with Crippen molar-refractivity contribution in [2.45, 2.75) is 31.5 Å². The third-order valence-corrected chi connectivity index (χ3v) is 8.22. The van der Waals surface area contributed by atoms with Gasteiger partial charge in [0.2, 0.25) is 5.76 Å². The molecule has 5 aromatic rings. The fourth-order valence-corrected chi connectivity index (χ4v) is 6.33. The fourth-order valence-electron chi connectivity index (χ4n) is 6.33. The highest BCUT2D eigenvalue weighted by Crippen LogP contribution is 2.50. The van der Waals surface area contributed by atoms with Crippen LogP contribution in [0.15, 0.2) is 77.2 Å². The second-order valence-electron chi connectivity index (χ2n) is 10.3. The summed E-state index contributed by atoms with van der Waals surface area (Å²) in [6.45, 7) is 1.30. The van der Waals surface area contributed by atoms with Gasteiger partial charge in [-0.05, 0) is 77.6 Å². The third kappa shape index (κ3) is 4.00. The minimum absolute atomic E-state index is 0.0899. The first kappa shape index (κ1) is 24.4. The van der Waals surface area contributed by atoms with E-state index in [4.69, 9.17) is 18.6 Å². The molecule has 0 saturated heterocycles. The van der Waals surface area contributed by atoms with Crippen molar-refractivity contribution in [1.82, 2.24) is 9.88 Å². The Hall–Kier alpha value is -4.67. The van der Waals surface area contributed by atoms with Gasteiger partial charge in [0.25, 0.3) is 0 Å². The number of ether oxygens (including phenoxy) is 3. The number of rotatable bonds is 6. The Morgan fingerprint density at radius 1 is 1.00 bits per heavy atom. The van der Waals surface area contributed by atoms with Crippen molar-refractivity contribution in [1.29, 1.82) is 5.26 Å². The van der Waals surface area contributed by atoms with Gasteiger partial charge in [-0.25, -0.2) is 0 Å². The molecule has 0 aliphatic carbocycles. The Bertz CT molecular complexity index is 1750. The second-order valence-corrected chi connectivity index (χ2v) is 10.3. The lowest BCUT2D eigenvalue weighted by molar-refractivity contribution is 0.113. The van der Waals surface area contributed by atoms with E-state index in [0.717, 1.165) is 64.6 Å². The van der Waals surface area contributed by atoms with Crippen LogP contribution in [0.2, 0.25) is 0 Å². The summed E-state index contributed by atoms with van der Waals surface area (Å²) in [5.74, 6) is 3.38. The zero-order valence-electron chi connectivity index (χ0n) is 22.4. The number of hydrogen-bond acceptors (Lipinski definition) is 6. The van der Waals surface area contributed by atoms with Crippen LogP contribution in [0.3, 0.4) is 0 Å². The number of furan rings is 1. The van der Waals surface area contributed by atoms with Gasteiger partial charge in [-0.1, -0.05) is 30.3 Å². The number of nitriles is 1. The monoisotopic (exact) mass is 531 g/mol. The van der Waals surface area contributed by atoms with Crippen LogP contribution < -0.4 is 14.2 Å². The largest absolute Gasteiger partial charge is 0.497 e. The molecule has 2 atom stereocenters. The minimum atomic E-state index is -0.154. The number of aromatic amines is 1. The van der Waals surface area contributed by atoms with Crippen LogP contribution in [0.25, 0.3) is 10.9 Å². The van der Waals surface area contributed by atoms with E-state index < -0.39 is 0 Å². The Kier molecular flexibility index (Phi) is 5.98. The summed E-state index contributed by atoms with van der Waals surface area (Å²) in [5, 5.41) is 10.6. The van der Waals surface area contributed by atoms with Gasteiger partial charge in [0, 0.05) is 29.2 Å². The van der Waals surface area contributed by atoms with Crippen LogP contribution in [0.1, 0.15) is 51.6 Å². The molecule has 0 spiro atoms. The van der Waals surface area contributed by atoms with E-state index in [-0.39, 0.29) is 12.1 Å². The van der Waals surface area contributed by atoms with Gasteiger partial charge < -0.3 is 23.6 Å². The average molecular weight is 532 g/mol. The summed E-state index contributed by atoms with van der Waals surface area (Å²) in [7, 11) is 3.39. The molecule has 0 fully saturated rings. The molecule has 3 aromatic carbocycles. The van der Waals surface area contributed by atoms with Crippen molar-refractivity contribution in [3.63, 3.8) is 0 Å². The summed E-state index contributed by atoms with van der Waals surface area (Å²) in [6.07, 6.45) is 1.69. The van der Waals surface area contributed by atoms with Gasteiger partial charge in [-0.15, -0.1) is 0 Å². The van der Waals surface area contributed by atoms with Crippen LogP contribution in [0.5, 0.6) is 17.2 Å². The van der Waals surface area contributed by atoms with Crippen molar-refractivity contribution in [2.75, 3.05) is 20.8 Å². The van der Waals surface area contributed by atoms with Crippen molar-refractivity contribution >= 4 is 10.9 Å². The number of nitrogens with one attached hydrogen (secondary N) is 1. The van der Waals surface area contributed by atoms with Gasteiger partial charge in [-0.3, -0.25) is 4.90 Å². The first-order chi connectivity index (χ1) is 19.7. The van der Waals surface area contributed by atoms with Crippen LogP contribution in [-0.4, -0.2) is 30.6 Å². The molecule has 0 saturated carbocycles. The number of aromatic nitrogens is 1. The molecular weight excluding hydrogens is 502 g/mol. The van der Waals surface area contributed by atoms with E-state index >= 15 is 0 Å². The molecule has 40 heavy (non-hydrogen) atoms. The molecule has 1 N–H and O–H groups in total. The van der Waals surface area contributed by atoms with E-state index in [1.165, 1.54) is 16.7 Å². The molecule has 7 heteroatoms. The highest BCUT2D eigenvalue weighted by Gasteiger charge is 2.42. The Labute approximate surface area is 232 Å². The fraction of sp³-hybridized carbons (Fsp3) is 0.242. The molecule has 2 unspecified atom stereocenters. The first-order valence-corrected chi connectivity index (χ1v) is 13.5. The minimum Gasteiger partial charge on any atom is -0.497 e. The van der Waals surface area contributed by atoms with Crippen LogP contribution in [0, 0.1) is 11.3 Å². The maximum atomic E-state index is 9.49. The zero-order chi connectivity index (χ0) is 27.2. The highest BCUT2D eigenvalue weighted by atomic mass is 16.5. The molecule has 7 rings (SSSR count). The first-order valence-electron chi connectivity index (χ1n) is 13.5. The molecule has 0 amide bonds. The lowest BCUT2D eigenvalue weighted by atomic mass is 9.81. The number of fused-ring (bicyclic) bond motifs is 6. The quantitative estimate of drug-likeness (QED) is 0.270. The summed E-state index contributed by atoms with van der Waals surface area (Å²) in [4.78, 5) is 6.17. The smallest absolute Gasteiger partial charge is 0.203 e. The summed E-state index contributed by atoms with van der Waals surface area (Å²) in [5.41, 5.74) is 7.01. The van der Waals surface area contributed by atoms with Crippen LogP contribution >= 0.6 is 0 Å². The number of hydrogen-bond donors (Lipinski definition) is 1. The molecule has 7 nitrogen and oxygen atoms in total. The number of nitrogens with zero attached hydrogens (tertiary/aromatic N) is 2. The van der Waals surface area contributed by atoms with Crippen molar-refractivity contribution in [3.8, 4) is 23.3 Å². The Morgan fingerprint density at radius 2 is 1.88 bits per heavy atom. The normalized spacial score (nSPS) is 17.9. The molecule has 2 aliphatic rings. The van der Waals surface area contributed by atoms with Gasteiger partial charge in [0.1, 0.15) is 30.2 Å². The molecule has 200 valence electrons. The summed E-state index contributed by atoms with van der Waals surface area (Å²) < 4.78 is 23.7. The average Bonchev–Trinajstić information content (AvgIpc) is 3.63. The SMILES string of the molecule is COc1ccc2[nH]c3c(c2c1)CC1c2cc(OCc4ccccc4)c(OC)cc2CCN1C3c1ccc(C#N)o1. The van der Waals surface area contributed by atoms with E-state index in [9.17, 15) is 5.26 Å². The molecule has 2 aromatic heterocycles. The topological polar surface area (TPSA) is 83.7 Å². The molecule has 0 radical (unpaired) electrons. The summed E-state index contributed by atoms with van der Waals surface area (Å²) in [6, 6.07) is 26.4. The van der Waals surface area contributed by atoms with E-state index in [1.807, 2.05) is 30.3 Å². The summed E-state index contributed by atoms with van der Waals surface area (Å²) >= 11 is 0. The van der Waals surface area contributed by atoms with Crippen LogP contribution in [0.4, 0.5) is 0 Å². The maximum Gasteiger partial charge on any atom is 0.203 e. The predicted octanol–water partition coefficient (Wildman–Crippen LogP) is 6.47. The predicted molar refractivity (Wildman–Crippen MR) is 151 cm³/mol. The standard InChI is InChI=1S/C33H29N3O4/c1-37-22-8-10-27-25(15-22)26-16-28-24-17-31(39-19-20-6-4-3-5-7-20)30(38-2)14-21(24)12-13-36(28)33(32(26)35-27)29-11-9-23(18-34)40-29/h3-11,14-15,17,28,33,35H,12-13,16,19H2,1-2H3. The van der Waals surface area contributed by atoms with E-state index in [0.29, 0.717) is 12.4 Å². The Balaban J connectivity index is 1.35. The van der Waals surface area contributed by atoms with Gasteiger partial charge in [0.15, 0.2) is 11.5 Å². The van der Waals surface area contributed by atoms with Crippen molar-refractivity contribution in [3.05, 3.63) is 112 Å². The number of methoxy groups -OCH3 is 2. The van der Waals surface area contributed by atoms with E-state index in [1.54, 1.807) is 20.3 Å². The lowest BCUT2D eigenvalue weighted by Crippen LogP contribution is -2.43. The van der Waals surface area contributed by atoms with Crippen molar-refractivity contribution in [2.24, 2.45) is 0 Å². The maximum absolute atomic E-state index is 9.49. The van der Waals surface area contributed by atoms with Gasteiger partial charge in [0.05, 0.1) is 14.2 Å². The molecular formula is C33H29N3O4. The molecule has 4 heterocycles. The number of H-pyrrole nitrogens is 1. The van der Waals surface area contributed by atoms with Gasteiger partial charge >= 0.3 is 0 Å². The third-order valence-electron chi connectivity index (χ3n) is 8.22.